The zero-order chi connectivity index (χ0) is 2.71. The van der Waals surface area contributed by atoms with E-state index in [9.17, 15) is 0 Å². The van der Waals surface area contributed by atoms with Crippen LogP contribution in [0.15, 0.2) is 0 Å². The minimum atomic E-state index is 0. The quantitative estimate of drug-likeness (QED) is 0.240. The van der Waals surface area contributed by atoms with Gasteiger partial charge in [0.25, 0.3) is 0 Å². The fourth-order valence-corrected chi connectivity index (χ4v) is 0. The third-order valence-corrected chi connectivity index (χ3v) is 0. The molecule has 0 spiro atoms. The van der Waals surface area contributed by atoms with Crippen molar-refractivity contribution in [3.63, 3.8) is 0 Å². The zero-order valence-corrected chi connectivity index (χ0v) is 5.06. The molecule has 5 heavy (non-hydrogen) atoms. The molecule has 0 aromatic rings. The molecule has 4 N–H and O–H groups in total. The predicted molar refractivity (Wildman–Crippen MR) is 13.3 cm³/mol. The van der Waals surface area contributed by atoms with Crippen molar-refractivity contribution in [1.82, 2.24) is 6.15 Å². The molecule has 0 saturated carbocycles. The van der Waals surface area contributed by atoms with Crippen molar-refractivity contribution < 1.29 is 39.5 Å². The fourth-order valence-electron chi connectivity index (χ4n) is 0. The summed E-state index contributed by atoms with van der Waals surface area (Å²) in [5.74, 6) is 0. The van der Waals surface area contributed by atoms with Crippen molar-refractivity contribution in [1.29, 1.82) is 0 Å². The van der Waals surface area contributed by atoms with E-state index in [1.165, 1.54) is 0 Å². The monoisotopic (exact) mass is 85.0 g/mol. The Hall–Kier alpha value is 0.430. The Morgan fingerprint density at radius 2 is 1.60 bits per heavy atom. The molecule has 3 nitrogen and oxygen atoms in total. The summed E-state index contributed by atoms with van der Waals surface area (Å²) in [6.45, 7) is 0.500. The van der Waals surface area contributed by atoms with Crippen LogP contribution in [0.25, 0.3) is 0 Å². The van der Waals surface area contributed by atoms with Crippen LogP contribution in [0.4, 0.5) is 0 Å². The molecule has 0 aliphatic rings. The number of hydrogen-bond acceptors (Lipinski definition) is 2. The van der Waals surface area contributed by atoms with E-state index >= 15 is 0 Å². The maximum atomic E-state index is 8.24. The number of rotatable bonds is 0. The molecular formula is CH4NNaO2. The SMILES string of the molecule is N.O=[C-]O.[Na+]. The molecule has 0 aromatic heterocycles. The molecular weight excluding hydrogens is 81.0 g/mol. The van der Waals surface area contributed by atoms with Crippen molar-refractivity contribution in [3.8, 4) is 0 Å². The Morgan fingerprint density at radius 3 is 1.60 bits per heavy atom. The summed E-state index contributed by atoms with van der Waals surface area (Å²) in [5.41, 5.74) is 0. The van der Waals surface area contributed by atoms with Gasteiger partial charge in [-0.25, -0.2) is 0 Å². The Balaban J connectivity index is -0.0000000200. The van der Waals surface area contributed by atoms with Gasteiger partial charge in [-0.05, 0) is 0 Å². The normalized spacial score (nSPS) is 2.40. The van der Waals surface area contributed by atoms with Crippen LogP contribution in [0.5, 0.6) is 0 Å². The van der Waals surface area contributed by atoms with Crippen LogP contribution in [0, 0.1) is 0 Å². The molecule has 0 unspecified atom stereocenters. The molecule has 0 amide bonds. The fraction of sp³-hybridized carbons (Fsp3) is 0. The number of hydrogen-bond donors (Lipinski definition) is 2. The van der Waals surface area contributed by atoms with Crippen LogP contribution in [-0.4, -0.2) is 11.6 Å². The Bertz CT molecular complexity index is 17.1. The maximum absolute atomic E-state index is 8.24. The van der Waals surface area contributed by atoms with Gasteiger partial charge in [0.05, 0.1) is 0 Å². The summed E-state index contributed by atoms with van der Waals surface area (Å²) in [5, 5.41) is 6.76. The summed E-state index contributed by atoms with van der Waals surface area (Å²) in [7, 11) is 0. The first-order valence-corrected chi connectivity index (χ1v) is 0.428. The van der Waals surface area contributed by atoms with E-state index in [0.717, 1.165) is 0 Å². The first-order valence-electron chi connectivity index (χ1n) is 0.428. The molecule has 0 atom stereocenters. The smallest absolute Gasteiger partial charge is 0.665 e. The molecule has 26 valence electrons. The predicted octanol–water partition coefficient (Wildman–Crippen LogP) is -3.22. The van der Waals surface area contributed by atoms with E-state index < -0.39 is 0 Å². The van der Waals surface area contributed by atoms with Crippen LogP contribution in [0.1, 0.15) is 0 Å². The van der Waals surface area contributed by atoms with Gasteiger partial charge in [0.2, 0.25) is 0 Å². The Morgan fingerprint density at radius 1 is 1.60 bits per heavy atom. The average Bonchev–Trinajstić information content (AvgIpc) is 0.918. The van der Waals surface area contributed by atoms with Gasteiger partial charge in [-0.2, -0.15) is 0 Å². The molecule has 0 aromatic carbocycles. The standard InChI is InChI=1S/CHO2.H3N.Na/c2-1-3;;/h(H,2,3);1H3;/q-1;;+1. The Labute approximate surface area is 52.2 Å². The largest absolute Gasteiger partial charge is 1.00 e. The van der Waals surface area contributed by atoms with Gasteiger partial charge >= 0.3 is 29.6 Å². The first-order chi connectivity index (χ1) is 1.41. The van der Waals surface area contributed by atoms with Gasteiger partial charge in [0.1, 0.15) is 0 Å². The van der Waals surface area contributed by atoms with E-state index in [2.05, 4.69) is 0 Å². The summed E-state index contributed by atoms with van der Waals surface area (Å²) >= 11 is 0. The van der Waals surface area contributed by atoms with E-state index in [1.807, 2.05) is 0 Å². The minimum Gasteiger partial charge on any atom is -0.665 e. The summed E-state index contributed by atoms with van der Waals surface area (Å²) in [6.07, 6.45) is 0. The summed E-state index contributed by atoms with van der Waals surface area (Å²) < 4.78 is 0. The molecule has 0 heterocycles. The maximum Gasteiger partial charge on any atom is 1.00 e. The molecule has 0 aliphatic heterocycles. The summed E-state index contributed by atoms with van der Waals surface area (Å²) in [4.78, 5) is 8.24. The third kappa shape index (κ3) is 141. The van der Waals surface area contributed by atoms with Gasteiger partial charge in [0.15, 0.2) is 0 Å². The molecule has 0 radical (unpaired) electrons. The third-order valence-electron chi connectivity index (χ3n) is 0. The number of aliphatic hydroxyl groups excluding tert-OH is 1. The second kappa shape index (κ2) is 25.5. The first kappa shape index (κ1) is 18.0. The molecule has 0 rings (SSSR count). The van der Waals surface area contributed by atoms with Crippen molar-refractivity contribution in [2.75, 3.05) is 0 Å². The van der Waals surface area contributed by atoms with Crippen molar-refractivity contribution >= 4 is 6.47 Å². The zero-order valence-electron chi connectivity index (χ0n) is 3.06. The van der Waals surface area contributed by atoms with Crippen LogP contribution in [0.2, 0.25) is 0 Å². The van der Waals surface area contributed by atoms with Crippen molar-refractivity contribution in [3.05, 3.63) is 0 Å². The molecule has 4 heteroatoms. The van der Waals surface area contributed by atoms with Crippen LogP contribution in [-0.2, 0) is 4.79 Å². The molecule has 0 bridgehead atoms. The average molecular weight is 85.0 g/mol. The van der Waals surface area contributed by atoms with E-state index in [0.29, 0.717) is 6.47 Å². The van der Waals surface area contributed by atoms with Crippen molar-refractivity contribution in [2.24, 2.45) is 0 Å². The molecule has 0 saturated heterocycles. The van der Waals surface area contributed by atoms with E-state index in [4.69, 9.17) is 9.90 Å². The second-order valence-electron chi connectivity index (χ2n) is 0.0913. The second-order valence-corrected chi connectivity index (χ2v) is 0.0913. The van der Waals surface area contributed by atoms with Crippen LogP contribution in [0.3, 0.4) is 0 Å². The van der Waals surface area contributed by atoms with Gasteiger partial charge < -0.3 is 16.1 Å². The topological polar surface area (TPSA) is 72.3 Å². The van der Waals surface area contributed by atoms with E-state index in [-0.39, 0.29) is 35.7 Å². The Kier molecular flexibility index (Phi) is 92.0. The van der Waals surface area contributed by atoms with Crippen molar-refractivity contribution in [2.45, 2.75) is 0 Å². The van der Waals surface area contributed by atoms with Crippen LogP contribution >= 0.6 is 0 Å². The molecule has 0 fully saturated rings. The molecule has 0 aliphatic carbocycles. The van der Waals surface area contributed by atoms with E-state index in [1.54, 1.807) is 0 Å². The summed E-state index contributed by atoms with van der Waals surface area (Å²) in [6, 6.07) is 0. The van der Waals surface area contributed by atoms with Crippen LogP contribution < -0.4 is 35.7 Å². The van der Waals surface area contributed by atoms with Gasteiger partial charge in [-0.15, -0.1) is 0 Å². The minimum absolute atomic E-state index is 0. The van der Waals surface area contributed by atoms with Gasteiger partial charge in [-0.1, -0.05) is 6.47 Å². The van der Waals surface area contributed by atoms with Gasteiger partial charge in [-0.3, -0.25) is 0 Å². The van der Waals surface area contributed by atoms with Gasteiger partial charge in [0, 0.05) is 0 Å².